The van der Waals surface area contributed by atoms with Crippen LogP contribution in [0, 0.1) is 0 Å². The van der Waals surface area contributed by atoms with Gasteiger partial charge in [0.1, 0.15) is 0 Å². The van der Waals surface area contributed by atoms with Crippen LogP contribution in [0.1, 0.15) is 24.1 Å². The largest absolute Gasteiger partial charge is 0.340 e. The second-order valence-corrected chi connectivity index (χ2v) is 4.75. The van der Waals surface area contributed by atoms with Gasteiger partial charge < -0.3 is 10.2 Å². The molecule has 1 aliphatic heterocycles. The van der Waals surface area contributed by atoms with Crippen LogP contribution in [-0.2, 0) is 12.8 Å². The quantitative estimate of drug-likeness (QED) is 0.796. The van der Waals surface area contributed by atoms with Crippen molar-refractivity contribution < 1.29 is 0 Å². The first-order valence-electron chi connectivity index (χ1n) is 6.13. The SMILES string of the molecule is CN(c1ncc2c(n1)CCC2)C1CCNC1. The molecule has 2 aliphatic rings. The standard InChI is InChI=1S/C12H18N4/c1-16(10-5-6-13-8-10)12-14-7-9-3-2-4-11(9)15-12/h7,10,13H,2-6,8H2,1H3. The number of fused-ring (bicyclic) bond motifs is 1. The van der Waals surface area contributed by atoms with Crippen LogP contribution in [0.2, 0.25) is 0 Å². The Morgan fingerprint density at radius 1 is 1.44 bits per heavy atom. The van der Waals surface area contributed by atoms with Gasteiger partial charge in [-0.1, -0.05) is 0 Å². The molecule has 2 heterocycles. The number of hydrogen-bond acceptors (Lipinski definition) is 4. The molecule has 3 rings (SSSR count). The van der Waals surface area contributed by atoms with Crippen LogP contribution in [0.5, 0.6) is 0 Å². The Balaban J connectivity index is 1.83. The monoisotopic (exact) mass is 218 g/mol. The summed E-state index contributed by atoms with van der Waals surface area (Å²) in [5, 5.41) is 3.38. The molecule has 1 unspecified atom stereocenters. The van der Waals surface area contributed by atoms with Gasteiger partial charge in [-0.3, -0.25) is 0 Å². The number of nitrogens with zero attached hydrogens (tertiary/aromatic N) is 3. The fourth-order valence-corrected chi connectivity index (χ4v) is 2.61. The first-order chi connectivity index (χ1) is 7.84. The van der Waals surface area contributed by atoms with E-state index in [2.05, 4.69) is 27.2 Å². The minimum atomic E-state index is 0.555. The van der Waals surface area contributed by atoms with Gasteiger partial charge in [-0.2, -0.15) is 0 Å². The third-order valence-corrected chi connectivity index (χ3v) is 3.70. The molecule has 1 aliphatic carbocycles. The van der Waals surface area contributed by atoms with Gasteiger partial charge >= 0.3 is 0 Å². The lowest BCUT2D eigenvalue weighted by atomic mass is 10.2. The molecule has 0 amide bonds. The van der Waals surface area contributed by atoms with E-state index in [0.717, 1.165) is 31.9 Å². The van der Waals surface area contributed by atoms with Crippen molar-refractivity contribution in [2.45, 2.75) is 31.7 Å². The van der Waals surface area contributed by atoms with Crippen LogP contribution in [0.15, 0.2) is 6.20 Å². The van der Waals surface area contributed by atoms with Crippen molar-refractivity contribution in [3.63, 3.8) is 0 Å². The van der Waals surface area contributed by atoms with Crippen LogP contribution >= 0.6 is 0 Å². The summed E-state index contributed by atoms with van der Waals surface area (Å²) in [6.45, 7) is 2.16. The highest BCUT2D eigenvalue weighted by atomic mass is 15.3. The van der Waals surface area contributed by atoms with E-state index in [4.69, 9.17) is 0 Å². The minimum absolute atomic E-state index is 0.555. The van der Waals surface area contributed by atoms with Crippen LogP contribution in [0.25, 0.3) is 0 Å². The summed E-state index contributed by atoms with van der Waals surface area (Å²) in [6.07, 6.45) is 6.73. The summed E-state index contributed by atoms with van der Waals surface area (Å²) < 4.78 is 0. The maximum Gasteiger partial charge on any atom is 0.225 e. The van der Waals surface area contributed by atoms with Crippen molar-refractivity contribution in [2.24, 2.45) is 0 Å². The molecular weight excluding hydrogens is 200 g/mol. The summed E-state index contributed by atoms with van der Waals surface area (Å²) in [4.78, 5) is 11.4. The molecular formula is C12H18N4. The Morgan fingerprint density at radius 2 is 2.38 bits per heavy atom. The second-order valence-electron chi connectivity index (χ2n) is 4.75. The lowest BCUT2D eigenvalue weighted by Crippen LogP contribution is -2.34. The lowest BCUT2D eigenvalue weighted by Gasteiger charge is -2.23. The van der Waals surface area contributed by atoms with Crippen molar-refractivity contribution in [1.29, 1.82) is 0 Å². The molecule has 4 heteroatoms. The molecule has 0 aromatic carbocycles. The highest BCUT2D eigenvalue weighted by Crippen LogP contribution is 2.22. The third kappa shape index (κ3) is 1.67. The Bertz CT molecular complexity index is 385. The third-order valence-electron chi connectivity index (χ3n) is 3.70. The van der Waals surface area contributed by atoms with Gasteiger partial charge in [-0.05, 0) is 37.8 Å². The number of likely N-dealkylation sites (N-methyl/N-ethyl adjacent to an activating group) is 1. The van der Waals surface area contributed by atoms with E-state index in [1.165, 1.54) is 24.1 Å². The summed E-state index contributed by atoms with van der Waals surface area (Å²) in [5.41, 5.74) is 2.62. The predicted molar refractivity (Wildman–Crippen MR) is 63.7 cm³/mol. The predicted octanol–water partition coefficient (Wildman–Crippen LogP) is 0.763. The van der Waals surface area contributed by atoms with E-state index in [-0.39, 0.29) is 0 Å². The summed E-state index contributed by atoms with van der Waals surface area (Å²) >= 11 is 0. The van der Waals surface area contributed by atoms with E-state index < -0.39 is 0 Å². The van der Waals surface area contributed by atoms with Crippen LogP contribution in [-0.4, -0.2) is 36.1 Å². The zero-order chi connectivity index (χ0) is 11.0. The fraction of sp³-hybridized carbons (Fsp3) is 0.667. The molecule has 0 spiro atoms. The molecule has 0 radical (unpaired) electrons. The van der Waals surface area contributed by atoms with E-state index in [1.54, 1.807) is 0 Å². The van der Waals surface area contributed by atoms with Gasteiger partial charge in [0.05, 0.1) is 0 Å². The van der Waals surface area contributed by atoms with Crippen molar-refractivity contribution >= 4 is 5.95 Å². The first-order valence-corrected chi connectivity index (χ1v) is 6.13. The molecule has 1 saturated heterocycles. The van der Waals surface area contributed by atoms with Crippen LogP contribution in [0.4, 0.5) is 5.95 Å². The number of aryl methyl sites for hydroxylation is 2. The fourth-order valence-electron chi connectivity index (χ4n) is 2.61. The summed E-state index contributed by atoms with van der Waals surface area (Å²) in [6, 6.07) is 0.555. The van der Waals surface area contributed by atoms with Gasteiger partial charge in [-0.25, -0.2) is 9.97 Å². The van der Waals surface area contributed by atoms with E-state index in [1.807, 2.05) is 6.20 Å². The van der Waals surface area contributed by atoms with Crippen molar-refractivity contribution in [3.8, 4) is 0 Å². The molecule has 4 nitrogen and oxygen atoms in total. The molecule has 0 saturated carbocycles. The van der Waals surface area contributed by atoms with Crippen LogP contribution < -0.4 is 10.2 Å². The average Bonchev–Trinajstić information content (AvgIpc) is 2.98. The summed E-state index contributed by atoms with van der Waals surface area (Å²) in [7, 11) is 2.11. The Morgan fingerprint density at radius 3 is 3.19 bits per heavy atom. The summed E-state index contributed by atoms with van der Waals surface area (Å²) in [5.74, 6) is 0.898. The second kappa shape index (κ2) is 4.01. The van der Waals surface area contributed by atoms with E-state index in [0.29, 0.717) is 6.04 Å². The first kappa shape index (κ1) is 10.0. The maximum absolute atomic E-state index is 4.68. The number of hydrogen-bond donors (Lipinski definition) is 1. The van der Waals surface area contributed by atoms with E-state index in [9.17, 15) is 0 Å². The topological polar surface area (TPSA) is 41.1 Å². The number of rotatable bonds is 2. The van der Waals surface area contributed by atoms with Gasteiger partial charge in [0.25, 0.3) is 0 Å². The Labute approximate surface area is 96.1 Å². The van der Waals surface area contributed by atoms with Crippen molar-refractivity contribution in [2.75, 3.05) is 25.0 Å². The molecule has 1 aromatic heterocycles. The van der Waals surface area contributed by atoms with Gasteiger partial charge in [0.2, 0.25) is 5.95 Å². The Kier molecular flexibility index (Phi) is 2.52. The van der Waals surface area contributed by atoms with Gasteiger partial charge in [0, 0.05) is 31.5 Å². The van der Waals surface area contributed by atoms with Gasteiger partial charge in [-0.15, -0.1) is 0 Å². The lowest BCUT2D eigenvalue weighted by molar-refractivity contribution is 0.666. The molecule has 86 valence electrons. The molecule has 0 bridgehead atoms. The van der Waals surface area contributed by atoms with E-state index >= 15 is 0 Å². The Hall–Kier alpha value is -1.16. The highest BCUT2D eigenvalue weighted by Gasteiger charge is 2.22. The molecule has 1 aromatic rings. The van der Waals surface area contributed by atoms with Gasteiger partial charge in [0.15, 0.2) is 0 Å². The molecule has 1 atom stereocenters. The zero-order valence-corrected chi connectivity index (χ0v) is 9.74. The zero-order valence-electron chi connectivity index (χ0n) is 9.74. The van der Waals surface area contributed by atoms with Crippen LogP contribution in [0.3, 0.4) is 0 Å². The number of anilines is 1. The molecule has 1 N–H and O–H groups in total. The smallest absolute Gasteiger partial charge is 0.225 e. The van der Waals surface area contributed by atoms with Crippen molar-refractivity contribution in [1.82, 2.24) is 15.3 Å². The normalized spacial score (nSPS) is 23.4. The number of nitrogens with one attached hydrogen (secondary N) is 1. The maximum atomic E-state index is 4.68. The molecule has 1 fully saturated rings. The highest BCUT2D eigenvalue weighted by molar-refractivity contribution is 5.35. The average molecular weight is 218 g/mol. The number of aromatic nitrogens is 2. The molecule has 16 heavy (non-hydrogen) atoms. The van der Waals surface area contributed by atoms with Crippen molar-refractivity contribution in [3.05, 3.63) is 17.5 Å². The minimum Gasteiger partial charge on any atom is -0.340 e.